The molecule has 0 bridgehead atoms. The highest BCUT2D eigenvalue weighted by Crippen LogP contribution is 2.27. The number of amides is 1. The zero-order valence-electron chi connectivity index (χ0n) is 13.8. The molecule has 1 amide bonds. The first-order valence-electron chi connectivity index (χ1n) is 8.29. The Morgan fingerprint density at radius 3 is 2.67 bits per heavy atom. The van der Waals surface area contributed by atoms with Crippen LogP contribution in [0.1, 0.15) is 30.8 Å². The third-order valence-electron chi connectivity index (χ3n) is 4.63. The molecule has 0 aliphatic carbocycles. The van der Waals surface area contributed by atoms with Gasteiger partial charge >= 0.3 is 0 Å². The number of carbonyl (C=O) groups excluding carboxylic acids is 1. The van der Waals surface area contributed by atoms with Crippen LogP contribution in [0.3, 0.4) is 0 Å². The molecule has 0 spiro atoms. The quantitative estimate of drug-likeness (QED) is 0.641. The summed E-state index contributed by atoms with van der Waals surface area (Å²) in [6, 6.07) is 9.33. The number of hydrogen-bond acceptors (Lipinski definition) is 3. The Labute approximate surface area is 145 Å². The van der Waals surface area contributed by atoms with Gasteiger partial charge in [-0.3, -0.25) is 4.79 Å². The Morgan fingerprint density at radius 1 is 1.17 bits per heavy atom. The number of nitrogens with zero attached hydrogens (tertiary/aromatic N) is 2. The highest BCUT2D eigenvalue weighted by molar-refractivity contribution is 6.31. The van der Waals surface area contributed by atoms with E-state index in [9.17, 15) is 4.79 Å². The summed E-state index contributed by atoms with van der Waals surface area (Å²) < 4.78 is 5.76. The summed E-state index contributed by atoms with van der Waals surface area (Å²) in [4.78, 5) is 19.2. The lowest BCUT2D eigenvalue weighted by molar-refractivity contribution is 0.0593. The van der Waals surface area contributed by atoms with E-state index in [1.807, 2.05) is 23.1 Å². The molecule has 4 rings (SSSR count). The fraction of sp³-hybridized carbons (Fsp3) is 0.368. The molecule has 2 unspecified atom stereocenters. The summed E-state index contributed by atoms with van der Waals surface area (Å²) >= 11 is 6.02. The second-order valence-corrected chi connectivity index (χ2v) is 7.42. The maximum absolute atomic E-state index is 12.8. The van der Waals surface area contributed by atoms with Crippen molar-refractivity contribution in [2.45, 2.75) is 20.3 Å². The first-order valence-corrected chi connectivity index (χ1v) is 8.66. The van der Waals surface area contributed by atoms with Crippen molar-refractivity contribution in [3.63, 3.8) is 0 Å². The third-order valence-corrected chi connectivity index (χ3v) is 4.87. The lowest BCUT2D eigenvalue weighted by Crippen LogP contribution is -2.42. The van der Waals surface area contributed by atoms with Crippen molar-refractivity contribution >= 4 is 39.5 Å². The van der Waals surface area contributed by atoms with Crippen LogP contribution in [0, 0.1) is 11.8 Å². The van der Waals surface area contributed by atoms with Crippen LogP contribution in [0.4, 0.5) is 0 Å². The molecule has 0 radical (unpaired) electrons. The number of benzene rings is 1. The number of fused-ring (bicyclic) bond motifs is 2. The average molecular weight is 343 g/mol. The summed E-state index contributed by atoms with van der Waals surface area (Å²) in [6.45, 7) is 5.94. The Hall–Kier alpha value is -2.07. The minimum atomic E-state index is -0.0477. The fourth-order valence-corrected chi connectivity index (χ4v) is 3.86. The lowest BCUT2D eigenvalue weighted by Gasteiger charge is -2.34. The number of likely N-dealkylation sites (tertiary alicyclic amines) is 1. The van der Waals surface area contributed by atoms with Crippen LogP contribution in [-0.4, -0.2) is 28.9 Å². The molecular formula is C19H19ClN2O2. The van der Waals surface area contributed by atoms with Gasteiger partial charge in [0.25, 0.3) is 5.91 Å². The molecule has 1 fully saturated rings. The number of halogens is 1. The molecule has 3 heterocycles. The van der Waals surface area contributed by atoms with Gasteiger partial charge < -0.3 is 9.32 Å². The minimum absolute atomic E-state index is 0.0477. The van der Waals surface area contributed by atoms with Crippen LogP contribution in [0.2, 0.25) is 5.02 Å². The predicted molar refractivity (Wildman–Crippen MR) is 95.4 cm³/mol. The molecule has 2 atom stereocenters. The summed E-state index contributed by atoms with van der Waals surface area (Å²) in [5.74, 6) is 1.35. The smallest absolute Gasteiger partial charge is 0.289 e. The molecule has 4 nitrogen and oxygen atoms in total. The van der Waals surface area contributed by atoms with Crippen molar-refractivity contribution < 1.29 is 9.21 Å². The van der Waals surface area contributed by atoms with Gasteiger partial charge in [-0.1, -0.05) is 31.5 Å². The van der Waals surface area contributed by atoms with E-state index in [0.29, 0.717) is 28.3 Å². The van der Waals surface area contributed by atoms with Gasteiger partial charge in [0.2, 0.25) is 5.71 Å². The van der Waals surface area contributed by atoms with Gasteiger partial charge in [0, 0.05) is 28.9 Å². The largest absolute Gasteiger partial charge is 0.433 e. The number of rotatable bonds is 1. The first-order chi connectivity index (χ1) is 11.5. The van der Waals surface area contributed by atoms with E-state index in [2.05, 4.69) is 18.8 Å². The highest BCUT2D eigenvalue weighted by Gasteiger charge is 2.28. The Kier molecular flexibility index (Phi) is 3.72. The van der Waals surface area contributed by atoms with Gasteiger partial charge in [-0.2, -0.15) is 0 Å². The summed E-state index contributed by atoms with van der Waals surface area (Å²) in [5.41, 5.74) is 1.25. The number of furan rings is 1. The number of aromatic nitrogens is 1. The average Bonchev–Trinajstić information content (AvgIpc) is 2.93. The zero-order valence-corrected chi connectivity index (χ0v) is 14.5. The monoisotopic (exact) mass is 342 g/mol. The molecule has 2 aromatic heterocycles. The van der Waals surface area contributed by atoms with Gasteiger partial charge in [0.1, 0.15) is 0 Å². The van der Waals surface area contributed by atoms with Crippen LogP contribution < -0.4 is 0 Å². The summed E-state index contributed by atoms with van der Waals surface area (Å²) in [6.07, 6.45) is 1.16. The van der Waals surface area contributed by atoms with E-state index < -0.39 is 0 Å². The van der Waals surface area contributed by atoms with Crippen molar-refractivity contribution in [3.05, 3.63) is 41.1 Å². The Morgan fingerprint density at radius 2 is 1.92 bits per heavy atom. The number of hydrogen-bond donors (Lipinski definition) is 0. The lowest BCUT2D eigenvalue weighted by atomic mass is 9.92. The Balaban J connectivity index is 1.71. The van der Waals surface area contributed by atoms with Crippen molar-refractivity contribution in [2.75, 3.05) is 13.1 Å². The van der Waals surface area contributed by atoms with Crippen molar-refractivity contribution in [1.29, 1.82) is 0 Å². The van der Waals surface area contributed by atoms with Crippen molar-refractivity contribution in [1.82, 2.24) is 9.88 Å². The molecule has 1 aliphatic heterocycles. The van der Waals surface area contributed by atoms with E-state index in [-0.39, 0.29) is 5.91 Å². The first kappa shape index (κ1) is 15.5. The van der Waals surface area contributed by atoms with Crippen molar-refractivity contribution in [3.8, 4) is 0 Å². The fourth-order valence-electron chi connectivity index (χ4n) is 3.69. The van der Waals surface area contributed by atoms with Crippen LogP contribution >= 0.6 is 11.6 Å². The van der Waals surface area contributed by atoms with Gasteiger partial charge in [-0.15, -0.1) is 0 Å². The van der Waals surface area contributed by atoms with Crippen LogP contribution in [0.5, 0.6) is 0 Å². The minimum Gasteiger partial charge on any atom is -0.433 e. The molecule has 5 heteroatoms. The zero-order chi connectivity index (χ0) is 16.8. The number of carbonyl (C=O) groups is 1. The molecule has 1 saturated heterocycles. The maximum Gasteiger partial charge on any atom is 0.289 e. The molecule has 1 aliphatic rings. The van der Waals surface area contributed by atoms with Crippen molar-refractivity contribution in [2.24, 2.45) is 11.8 Å². The molecular weight excluding hydrogens is 324 g/mol. The van der Waals surface area contributed by atoms with Crippen LogP contribution in [0.25, 0.3) is 22.0 Å². The van der Waals surface area contributed by atoms with E-state index >= 15 is 0 Å². The van der Waals surface area contributed by atoms with Gasteiger partial charge in [-0.05, 0) is 42.5 Å². The normalized spacial score (nSPS) is 21.5. The third kappa shape index (κ3) is 2.75. The van der Waals surface area contributed by atoms with Gasteiger partial charge in [0.05, 0.1) is 5.52 Å². The SMILES string of the molecule is CC1CC(C)CN(C(=O)c2cc3cc4ccc(Cl)cc4nc3o2)C1. The van der Waals surface area contributed by atoms with E-state index in [0.717, 1.165) is 35.8 Å². The molecule has 124 valence electrons. The maximum atomic E-state index is 12.8. The Bertz CT molecular complexity index is 924. The molecule has 0 N–H and O–H groups in total. The molecule has 24 heavy (non-hydrogen) atoms. The van der Waals surface area contributed by atoms with E-state index in [1.165, 1.54) is 0 Å². The molecule has 1 aromatic carbocycles. The van der Waals surface area contributed by atoms with Crippen LogP contribution in [0.15, 0.2) is 34.7 Å². The van der Waals surface area contributed by atoms with E-state index in [4.69, 9.17) is 16.0 Å². The predicted octanol–water partition coefficient (Wildman–Crippen LogP) is 4.75. The summed E-state index contributed by atoms with van der Waals surface area (Å²) in [5, 5.41) is 2.45. The summed E-state index contributed by atoms with van der Waals surface area (Å²) in [7, 11) is 0. The van der Waals surface area contributed by atoms with Gasteiger partial charge in [0.15, 0.2) is 5.76 Å². The molecule has 0 saturated carbocycles. The number of piperidine rings is 1. The number of pyridine rings is 1. The van der Waals surface area contributed by atoms with Gasteiger partial charge in [-0.25, -0.2) is 4.98 Å². The van der Waals surface area contributed by atoms with E-state index in [1.54, 1.807) is 12.1 Å². The topological polar surface area (TPSA) is 46.3 Å². The second kappa shape index (κ2) is 5.78. The van der Waals surface area contributed by atoms with Crippen LogP contribution in [-0.2, 0) is 0 Å². The molecule has 3 aromatic rings. The standard InChI is InChI=1S/C19H19ClN2O2/c1-11-5-12(2)10-22(9-11)19(23)17-7-14-6-13-3-4-15(20)8-16(13)21-18(14)24-17/h3-4,6-8,11-12H,5,9-10H2,1-2H3. The highest BCUT2D eigenvalue weighted by atomic mass is 35.5. The second-order valence-electron chi connectivity index (χ2n) is 6.99.